The predicted molar refractivity (Wildman–Crippen MR) is 122 cm³/mol. The molecule has 0 bridgehead atoms. The van der Waals surface area contributed by atoms with Gasteiger partial charge < -0.3 is 10.6 Å². The third-order valence-corrected chi connectivity index (χ3v) is 8.16. The molecule has 9 heteroatoms. The Morgan fingerprint density at radius 2 is 1.97 bits per heavy atom. The van der Waals surface area contributed by atoms with Crippen LogP contribution in [0.15, 0.2) is 47.4 Å². The van der Waals surface area contributed by atoms with E-state index < -0.39 is 27.9 Å². The van der Waals surface area contributed by atoms with Crippen LogP contribution in [0.25, 0.3) is 0 Å². The molecular weight excluding hydrogens is 442 g/mol. The van der Waals surface area contributed by atoms with Gasteiger partial charge in [-0.1, -0.05) is 29.8 Å². The van der Waals surface area contributed by atoms with E-state index in [0.29, 0.717) is 5.56 Å². The van der Waals surface area contributed by atoms with Crippen molar-refractivity contribution in [1.82, 2.24) is 14.9 Å². The Morgan fingerprint density at radius 1 is 1.21 bits per heavy atom. The topological polar surface area (TPSA) is 113 Å². The van der Waals surface area contributed by atoms with Gasteiger partial charge in [0.15, 0.2) is 0 Å². The Labute approximate surface area is 193 Å². The Bertz CT molecular complexity index is 1180. The van der Waals surface area contributed by atoms with Crippen molar-refractivity contribution in [3.63, 3.8) is 0 Å². The van der Waals surface area contributed by atoms with Gasteiger partial charge in [0.25, 0.3) is 0 Å². The van der Waals surface area contributed by atoms with E-state index in [-0.39, 0.29) is 30.4 Å². The molecule has 1 fully saturated rings. The zero-order chi connectivity index (χ0) is 23.6. The predicted octanol–water partition coefficient (Wildman–Crippen LogP) is 1.88. The van der Waals surface area contributed by atoms with Gasteiger partial charge in [-0.05, 0) is 55.5 Å². The van der Waals surface area contributed by atoms with Gasteiger partial charge in [-0.15, -0.1) is 0 Å². The van der Waals surface area contributed by atoms with Crippen LogP contribution in [0, 0.1) is 6.92 Å². The zero-order valence-electron chi connectivity index (χ0n) is 18.4. The van der Waals surface area contributed by atoms with E-state index in [4.69, 9.17) is 0 Å². The molecule has 1 heterocycles. The second-order valence-electron chi connectivity index (χ2n) is 8.53. The maximum atomic E-state index is 13.2. The molecule has 174 valence electrons. The summed E-state index contributed by atoms with van der Waals surface area (Å²) in [6.07, 6.45) is 2.96. The first kappa shape index (κ1) is 23.1. The van der Waals surface area contributed by atoms with Crippen LogP contribution in [0.1, 0.15) is 52.4 Å². The fraction of sp³-hybridized carbons (Fsp3) is 0.375. The van der Waals surface area contributed by atoms with E-state index in [0.717, 1.165) is 46.5 Å². The summed E-state index contributed by atoms with van der Waals surface area (Å²) in [6, 6.07) is 10.5. The van der Waals surface area contributed by atoms with Crippen molar-refractivity contribution >= 4 is 28.1 Å². The number of amides is 2. The van der Waals surface area contributed by atoms with Crippen LogP contribution in [0.3, 0.4) is 0 Å². The SMILES string of the molecule is Cc1ccc(S(=O)(=O)N2CCNC(=O)[C@H]2CC(=O)N[C@@H]2CCCc3cc(C=O)ccc32)cc1. The van der Waals surface area contributed by atoms with Crippen molar-refractivity contribution in [1.29, 1.82) is 0 Å². The summed E-state index contributed by atoms with van der Waals surface area (Å²) in [5.74, 6) is -0.870. The van der Waals surface area contributed by atoms with Crippen LogP contribution in [-0.4, -0.2) is 50.0 Å². The normalized spacial score (nSPS) is 21.1. The number of sulfonamides is 1. The van der Waals surface area contributed by atoms with Crippen LogP contribution in [0.2, 0.25) is 0 Å². The van der Waals surface area contributed by atoms with Crippen LogP contribution >= 0.6 is 0 Å². The van der Waals surface area contributed by atoms with Crippen LogP contribution < -0.4 is 10.6 Å². The molecule has 2 aliphatic rings. The maximum absolute atomic E-state index is 13.2. The monoisotopic (exact) mass is 469 g/mol. The molecule has 4 rings (SSSR count). The Hall–Kier alpha value is -3.04. The summed E-state index contributed by atoms with van der Waals surface area (Å²) in [4.78, 5) is 36.7. The van der Waals surface area contributed by atoms with E-state index in [1.807, 2.05) is 19.1 Å². The number of aldehydes is 1. The van der Waals surface area contributed by atoms with E-state index in [1.165, 1.54) is 12.1 Å². The molecule has 2 N–H and O–H groups in total. The van der Waals surface area contributed by atoms with Crippen molar-refractivity contribution in [3.05, 3.63) is 64.7 Å². The fourth-order valence-corrected chi connectivity index (χ4v) is 6.10. The van der Waals surface area contributed by atoms with Crippen LogP contribution in [0.4, 0.5) is 0 Å². The third kappa shape index (κ3) is 4.84. The molecule has 0 aromatic heterocycles. The molecule has 2 aromatic rings. The molecule has 0 radical (unpaired) electrons. The number of nitrogens with one attached hydrogen (secondary N) is 2. The second kappa shape index (κ2) is 9.44. The quantitative estimate of drug-likeness (QED) is 0.628. The zero-order valence-corrected chi connectivity index (χ0v) is 19.2. The molecule has 2 amide bonds. The number of hydrogen-bond acceptors (Lipinski definition) is 5. The Morgan fingerprint density at radius 3 is 2.70 bits per heavy atom. The summed E-state index contributed by atoms with van der Waals surface area (Å²) < 4.78 is 27.6. The third-order valence-electron chi connectivity index (χ3n) is 6.24. The molecule has 0 unspecified atom stereocenters. The van der Waals surface area contributed by atoms with Crippen molar-refractivity contribution < 1.29 is 22.8 Å². The van der Waals surface area contributed by atoms with Crippen LogP contribution in [0.5, 0.6) is 0 Å². The number of rotatable bonds is 6. The highest BCUT2D eigenvalue weighted by Gasteiger charge is 2.40. The minimum absolute atomic E-state index is 0.0976. The molecule has 0 spiro atoms. The van der Waals surface area contributed by atoms with Gasteiger partial charge in [0.2, 0.25) is 21.8 Å². The van der Waals surface area contributed by atoms with Crippen molar-refractivity contribution in [2.24, 2.45) is 0 Å². The largest absolute Gasteiger partial charge is 0.353 e. The van der Waals surface area contributed by atoms with Gasteiger partial charge in [0, 0.05) is 18.7 Å². The number of benzene rings is 2. The Kier molecular flexibility index (Phi) is 6.62. The summed E-state index contributed by atoms with van der Waals surface area (Å²) >= 11 is 0. The van der Waals surface area contributed by atoms with Gasteiger partial charge in [0.05, 0.1) is 17.4 Å². The summed E-state index contributed by atoms with van der Waals surface area (Å²) in [6.45, 7) is 2.15. The summed E-state index contributed by atoms with van der Waals surface area (Å²) in [5, 5.41) is 5.64. The van der Waals surface area contributed by atoms with E-state index in [2.05, 4.69) is 10.6 Å². The standard InChI is InChI=1S/C24H27N3O5S/c1-16-5-8-19(9-6-16)33(31,32)27-12-11-25-24(30)22(27)14-23(29)26-21-4-2-3-18-13-17(15-28)7-10-20(18)21/h5-10,13,15,21-22H,2-4,11-12,14H2,1H3,(H,25,30)(H,26,29)/t21-,22-/m1/s1. The fourth-order valence-electron chi connectivity index (χ4n) is 4.51. The number of nitrogens with zero attached hydrogens (tertiary/aromatic N) is 1. The first-order valence-corrected chi connectivity index (χ1v) is 12.5. The lowest BCUT2D eigenvalue weighted by molar-refractivity contribution is -0.132. The van der Waals surface area contributed by atoms with E-state index >= 15 is 0 Å². The molecule has 8 nitrogen and oxygen atoms in total. The highest BCUT2D eigenvalue weighted by Crippen LogP contribution is 2.30. The van der Waals surface area contributed by atoms with Gasteiger partial charge >= 0.3 is 0 Å². The number of piperazine rings is 1. The molecule has 2 atom stereocenters. The maximum Gasteiger partial charge on any atom is 0.243 e. The van der Waals surface area contributed by atoms with Crippen molar-refractivity contribution in [2.45, 2.75) is 49.6 Å². The van der Waals surface area contributed by atoms with E-state index in [9.17, 15) is 22.8 Å². The average Bonchev–Trinajstić information content (AvgIpc) is 2.80. The molecule has 1 saturated heterocycles. The molecule has 1 aliphatic heterocycles. The number of fused-ring (bicyclic) bond motifs is 1. The van der Waals surface area contributed by atoms with E-state index in [1.54, 1.807) is 18.2 Å². The molecule has 2 aromatic carbocycles. The molecule has 0 saturated carbocycles. The highest BCUT2D eigenvalue weighted by molar-refractivity contribution is 7.89. The number of carbonyl (C=O) groups excluding carboxylic acids is 3. The first-order chi connectivity index (χ1) is 15.8. The lowest BCUT2D eigenvalue weighted by Crippen LogP contribution is -2.58. The lowest BCUT2D eigenvalue weighted by Gasteiger charge is -2.34. The first-order valence-electron chi connectivity index (χ1n) is 11.0. The summed E-state index contributed by atoms with van der Waals surface area (Å²) in [7, 11) is -3.94. The number of carbonyl (C=O) groups is 3. The number of aryl methyl sites for hydroxylation is 2. The van der Waals surface area contributed by atoms with Gasteiger partial charge in [-0.3, -0.25) is 14.4 Å². The van der Waals surface area contributed by atoms with Gasteiger partial charge in [0.1, 0.15) is 12.3 Å². The molecular formula is C24H27N3O5S. The van der Waals surface area contributed by atoms with Crippen molar-refractivity contribution in [3.8, 4) is 0 Å². The molecule has 33 heavy (non-hydrogen) atoms. The minimum Gasteiger partial charge on any atom is -0.353 e. The Balaban J connectivity index is 1.52. The van der Waals surface area contributed by atoms with Crippen LogP contribution in [-0.2, 0) is 26.0 Å². The second-order valence-corrected chi connectivity index (χ2v) is 10.4. The van der Waals surface area contributed by atoms with Crippen molar-refractivity contribution in [2.75, 3.05) is 13.1 Å². The van der Waals surface area contributed by atoms with Gasteiger partial charge in [-0.2, -0.15) is 4.31 Å². The number of hydrogen-bond donors (Lipinski definition) is 2. The lowest BCUT2D eigenvalue weighted by atomic mass is 9.86. The smallest absolute Gasteiger partial charge is 0.243 e. The highest BCUT2D eigenvalue weighted by atomic mass is 32.2. The average molecular weight is 470 g/mol. The minimum atomic E-state index is -3.94. The van der Waals surface area contributed by atoms with Gasteiger partial charge in [-0.25, -0.2) is 8.42 Å². The molecule has 1 aliphatic carbocycles. The summed E-state index contributed by atoms with van der Waals surface area (Å²) in [5.41, 5.74) is 3.50.